The molecule has 1 amide bonds. The topological polar surface area (TPSA) is 38.3 Å². The number of carbonyl (C=O) groups is 1. The number of carbonyl (C=O) groups excluding carboxylic acids is 1. The van der Waals surface area contributed by atoms with E-state index >= 15 is 0 Å². The second kappa shape index (κ2) is 5.56. The van der Waals surface area contributed by atoms with Gasteiger partial charge in [-0.1, -0.05) is 0 Å². The van der Waals surface area contributed by atoms with Crippen LogP contribution in [-0.4, -0.2) is 18.9 Å². The van der Waals surface area contributed by atoms with Crippen molar-refractivity contribution in [1.29, 1.82) is 0 Å². The summed E-state index contributed by atoms with van der Waals surface area (Å²) in [5.41, 5.74) is 0.368. The van der Waals surface area contributed by atoms with Gasteiger partial charge < -0.3 is 10.1 Å². The molecule has 0 radical (unpaired) electrons. The fourth-order valence-corrected chi connectivity index (χ4v) is 1.15. The lowest BCUT2D eigenvalue weighted by Gasteiger charge is -2.06. The van der Waals surface area contributed by atoms with Crippen LogP contribution < -0.4 is 10.1 Å². The molecule has 0 atom stereocenters. The van der Waals surface area contributed by atoms with E-state index in [0.717, 1.165) is 0 Å². The molecule has 1 aromatic rings. The Balaban J connectivity index is 2.70. The fourth-order valence-electron chi connectivity index (χ4n) is 1.05. The summed E-state index contributed by atoms with van der Waals surface area (Å²) in [4.78, 5) is 10.9. The van der Waals surface area contributed by atoms with E-state index in [9.17, 15) is 9.18 Å². The zero-order valence-corrected chi connectivity index (χ0v) is 8.97. The normalized spacial score (nSPS) is 9.80. The number of methoxy groups -OCH3 is 1. The van der Waals surface area contributed by atoms with Crippen LogP contribution in [0.3, 0.4) is 0 Å². The van der Waals surface area contributed by atoms with Gasteiger partial charge >= 0.3 is 0 Å². The van der Waals surface area contributed by atoms with Crippen molar-refractivity contribution >= 4 is 17.5 Å². The van der Waals surface area contributed by atoms with E-state index in [0.29, 0.717) is 11.3 Å². The first-order valence-corrected chi connectivity index (χ1v) is 4.86. The van der Waals surface area contributed by atoms with Crippen LogP contribution >= 0.6 is 11.6 Å². The molecule has 0 unspecified atom stereocenters. The molecule has 0 saturated heterocycles. The first-order valence-electron chi connectivity index (χ1n) is 4.32. The summed E-state index contributed by atoms with van der Waals surface area (Å²) in [7, 11) is 1.49. The Labute approximate surface area is 92.2 Å². The van der Waals surface area contributed by atoms with Gasteiger partial charge in [0.1, 0.15) is 17.4 Å². The van der Waals surface area contributed by atoms with Crippen LogP contribution in [0.2, 0.25) is 0 Å². The molecule has 82 valence electrons. The van der Waals surface area contributed by atoms with Gasteiger partial charge in [-0.3, -0.25) is 4.79 Å². The number of amides is 1. The molecule has 1 aromatic carbocycles. The molecule has 1 rings (SSSR count). The number of alkyl halides is 1. The summed E-state index contributed by atoms with van der Waals surface area (Å²) in [6.45, 7) is 0.106. The zero-order valence-electron chi connectivity index (χ0n) is 8.22. The maximum Gasteiger partial charge on any atom is 0.235 e. The Hall–Kier alpha value is -1.29. The van der Waals surface area contributed by atoms with Crippen molar-refractivity contribution in [1.82, 2.24) is 5.32 Å². The maximum atomic E-state index is 13.2. The van der Waals surface area contributed by atoms with Crippen LogP contribution in [0, 0.1) is 5.82 Å². The van der Waals surface area contributed by atoms with E-state index in [1.807, 2.05) is 0 Å². The Morgan fingerprint density at radius 2 is 2.33 bits per heavy atom. The largest absolute Gasteiger partial charge is 0.497 e. The number of hydrogen-bond acceptors (Lipinski definition) is 2. The predicted molar refractivity (Wildman–Crippen MR) is 55.5 cm³/mol. The van der Waals surface area contributed by atoms with Gasteiger partial charge in [0.25, 0.3) is 0 Å². The van der Waals surface area contributed by atoms with Crippen LogP contribution in [0.1, 0.15) is 5.56 Å². The van der Waals surface area contributed by atoms with Crippen molar-refractivity contribution in [3.8, 4) is 5.75 Å². The molecule has 0 aliphatic carbocycles. The smallest absolute Gasteiger partial charge is 0.235 e. The average molecular weight is 232 g/mol. The Kier molecular flexibility index (Phi) is 4.37. The SMILES string of the molecule is COc1ccc(F)c(CNC(=O)CCl)c1. The van der Waals surface area contributed by atoms with E-state index < -0.39 is 0 Å². The molecule has 0 fully saturated rings. The standard InChI is InChI=1S/C10H11ClFNO2/c1-15-8-2-3-9(12)7(4-8)6-13-10(14)5-11/h2-4H,5-6H2,1H3,(H,13,14). The third-order valence-corrected chi connectivity index (χ3v) is 2.09. The highest BCUT2D eigenvalue weighted by Gasteiger charge is 2.05. The predicted octanol–water partition coefficient (Wildman–Crippen LogP) is 1.69. The van der Waals surface area contributed by atoms with E-state index in [4.69, 9.17) is 16.3 Å². The number of benzene rings is 1. The lowest BCUT2D eigenvalue weighted by atomic mass is 10.2. The second-order valence-electron chi connectivity index (χ2n) is 2.87. The van der Waals surface area contributed by atoms with E-state index in [2.05, 4.69) is 5.32 Å². The summed E-state index contributed by atoms with van der Waals surface area (Å²) >= 11 is 5.29. The number of halogens is 2. The average Bonchev–Trinajstić information content (AvgIpc) is 2.27. The van der Waals surface area contributed by atoms with Crippen LogP contribution in [0.4, 0.5) is 4.39 Å². The molecule has 0 spiro atoms. The van der Waals surface area contributed by atoms with Gasteiger partial charge in [-0.05, 0) is 18.2 Å². The van der Waals surface area contributed by atoms with Gasteiger partial charge in [0, 0.05) is 12.1 Å². The van der Waals surface area contributed by atoms with Crippen LogP contribution in [-0.2, 0) is 11.3 Å². The van der Waals surface area contributed by atoms with Crippen LogP contribution in [0.25, 0.3) is 0 Å². The monoisotopic (exact) mass is 231 g/mol. The molecular weight excluding hydrogens is 221 g/mol. The fraction of sp³-hybridized carbons (Fsp3) is 0.300. The highest BCUT2D eigenvalue weighted by atomic mass is 35.5. The van der Waals surface area contributed by atoms with Crippen molar-refractivity contribution in [2.45, 2.75) is 6.54 Å². The molecule has 0 aromatic heterocycles. The zero-order chi connectivity index (χ0) is 11.3. The second-order valence-corrected chi connectivity index (χ2v) is 3.13. The number of ether oxygens (including phenoxy) is 1. The van der Waals surface area contributed by atoms with Gasteiger partial charge in [-0.2, -0.15) is 0 Å². The first-order chi connectivity index (χ1) is 7.17. The molecule has 5 heteroatoms. The minimum atomic E-state index is -0.384. The number of hydrogen-bond donors (Lipinski definition) is 1. The third kappa shape index (κ3) is 3.40. The van der Waals surface area contributed by atoms with Gasteiger partial charge in [0.15, 0.2) is 0 Å². The molecule has 0 bridgehead atoms. The van der Waals surface area contributed by atoms with Crippen molar-refractivity contribution < 1.29 is 13.9 Å². The summed E-state index contributed by atoms with van der Waals surface area (Å²) < 4.78 is 18.2. The Morgan fingerprint density at radius 1 is 1.60 bits per heavy atom. The van der Waals surface area contributed by atoms with Crippen molar-refractivity contribution in [3.05, 3.63) is 29.6 Å². The highest BCUT2D eigenvalue weighted by Crippen LogP contribution is 2.16. The summed E-state index contributed by atoms with van der Waals surface area (Å²) in [5.74, 6) is -0.304. The van der Waals surface area contributed by atoms with Crippen LogP contribution in [0.15, 0.2) is 18.2 Å². The van der Waals surface area contributed by atoms with E-state index in [-0.39, 0.29) is 24.1 Å². The van der Waals surface area contributed by atoms with Crippen molar-refractivity contribution in [2.75, 3.05) is 13.0 Å². The third-order valence-electron chi connectivity index (χ3n) is 1.85. The first kappa shape index (κ1) is 11.8. The van der Waals surface area contributed by atoms with E-state index in [1.165, 1.54) is 25.3 Å². The molecule has 0 aliphatic heterocycles. The minimum Gasteiger partial charge on any atom is -0.497 e. The summed E-state index contributed by atoms with van der Waals surface area (Å²) in [6, 6.07) is 4.34. The molecule has 0 saturated carbocycles. The minimum absolute atomic E-state index is 0.106. The quantitative estimate of drug-likeness (QED) is 0.801. The van der Waals surface area contributed by atoms with Gasteiger partial charge in [0.05, 0.1) is 7.11 Å². The Bertz CT molecular complexity index is 357. The van der Waals surface area contributed by atoms with Crippen LogP contribution in [0.5, 0.6) is 5.75 Å². The number of nitrogens with one attached hydrogen (secondary N) is 1. The summed E-state index contributed by atoms with van der Waals surface area (Å²) in [5, 5.41) is 2.47. The molecule has 3 nitrogen and oxygen atoms in total. The molecule has 0 aliphatic rings. The van der Waals surface area contributed by atoms with Gasteiger partial charge in [0.2, 0.25) is 5.91 Å². The van der Waals surface area contributed by atoms with Crippen molar-refractivity contribution in [3.63, 3.8) is 0 Å². The number of rotatable bonds is 4. The Morgan fingerprint density at radius 3 is 2.93 bits per heavy atom. The molecular formula is C10H11ClFNO2. The van der Waals surface area contributed by atoms with E-state index in [1.54, 1.807) is 0 Å². The molecule has 1 N–H and O–H groups in total. The maximum absolute atomic E-state index is 13.2. The van der Waals surface area contributed by atoms with Gasteiger partial charge in [-0.15, -0.1) is 11.6 Å². The lowest BCUT2D eigenvalue weighted by molar-refractivity contribution is -0.118. The highest BCUT2D eigenvalue weighted by molar-refractivity contribution is 6.27. The summed E-state index contributed by atoms with van der Waals surface area (Å²) in [6.07, 6.45) is 0. The van der Waals surface area contributed by atoms with Gasteiger partial charge in [-0.25, -0.2) is 4.39 Å². The molecule has 0 heterocycles. The van der Waals surface area contributed by atoms with Crippen molar-refractivity contribution in [2.24, 2.45) is 0 Å². The molecule has 15 heavy (non-hydrogen) atoms. The lowest BCUT2D eigenvalue weighted by Crippen LogP contribution is -2.24.